The Morgan fingerprint density at radius 3 is 1.96 bits per heavy atom. The van der Waals surface area contributed by atoms with Gasteiger partial charge in [0.1, 0.15) is 0 Å². The summed E-state index contributed by atoms with van der Waals surface area (Å²) in [6.45, 7) is 7.46. The third-order valence-electron chi connectivity index (χ3n) is 10.0. The molecule has 5 heteroatoms. The van der Waals surface area contributed by atoms with E-state index in [1.807, 2.05) is 36.4 Å². The first kappa shape index (κ1) is 25.4. The molecule has 0 unspecified atom stereocenters. The summed E-state index contributed by atoms with van der Waals surface area (Å²) in [5.74, 6) is 0.620. The second-order valence-corrected chi connectivity index (χ2v) is 12.5. The topological polar surface area (TPSA) is 39.5 Å². The highest BCUT2D eigenvalue weighted by Gasteiger charge is 2.25. The largest absolute Gasteiger partial charge is 0.308 e. The zero-order chi connectivity index (χ0) is 31.5. The quantitative estimate of drug-likeness (QED) is 0.183. The molecule has 11 aromatic rings. The summed E-state index contributed by atoms with van der Waals surface area (Å²) < 4.78 is 4.71. The van der Waals surface area contributed by atoms with Gasteiger partial charge in [-0.25, -0.2) is 14.8 Å². The SMILES string of the molecule is [C-]#[N+]c1ccc(-c2nc(-n3c4cc5ccccc5cc4c4c5c6ccccc6n6c7ccccc7c(cc43)c56)nc3ccccc23)cc1. The van der Waals surface area contributed by atoms with Crippen molar-refractivity contribution < 1.29 is 0 Å². The predicted molar refractivity (Wildman–Crippen MR) is 198 cm³/mol. The first-order valence-electron chi connectivity index (χ1n) is 16.0. The number of nitrogens with zero attached hydrogens (tertiary/aromatic N) is 5. The molecule has 0 bridgehead atoms. The molecule has 7 aromatic carbocycles. The summed E-state index contributed by atoms with van der Waals surface area (Å²) in [6.07, 6.45) is 0. The molecule has 0 amide bonds. The van der Waals surface area contributed by atoms with E-state index in [1.165, 1.54) is 59.6 Å². The van der Waals surface area contributed by atoms with E-state index in [2.05, 4.69) is 117 Å². The van der Waals surface area contributed by atoms with Crippen molar-refractivity contribution in [3.05, 3.63) is 151 Å². The highest BCUT2D eigenvalue weighted by atomic mass is 15.2. The molecule has 4 heterocycles. The minimum Gasteiger partial charge on any atom is -0.308 e. The summed E-state index contributed by atoms with van der Waals surface area (Å²) in [6, 6.07) is 48.9. The Bertz CT molecular complexity index is 3170. The highest BCUT2D eigenvalue weighted by Crippen LogP contribution is 2.47. The number of para-hydroxylation sites is 3. The van der Waals surface area contributed by atoms with Crippen molar-refractivity contribution in [2.75, 3.05) is 0 Å². The van der Waals surface area contributed by atoms with E-state index >= 15 is 0 Å². The molecule has 0 radical (unpaired) electrons. The Hall–Kier alpha value is -6.77. The predicted octanol–water partition coefficient (Wildman–Crippen LogP) is 11.2. The van der Waals surface area contributed by atoms with Gasteiger partial charge >= 0.3 is 0 Å². The van der Waals surface area contributed by atoms with Crippen molar-refractivity contribution >= 4 is 87.3 Å². The standard InChI is InChI=1S/C43H23N5/c1-44-28-20-18-25(19-21-28)41-30-13-4-7-15-34(30)45-43(46-41)48-37-23-27-11-3-2-10-26(27)22-33(37)39-38(48)24-32-29-12-5-8-16-35(29)47-36-17-9-6-14-31(36)40(39)42(32)47/h2-24H. The first-order chi connectivity index (χ1) is 23.8. The fourth-order valence-electron chi connectivity index (χ4n) is 7.99. The molecule has 0 N–H and O–H groups in total. The molecular formula is C43H23N5. The summed E-state index contributed by atoms with van der Waals surface area (Å²) in [5.41, 5.74) is 9.08. The van der Waals surface area contributed by atoms with Gasteiger partial charge in [0.2, 0.25) is 5.95 Å². The minimum absolute atomic E-state index is 0.605. The van der Waals surface area contributed by atoms with Gasteiger partial charge in [0, 0.05) is 37.7 Å². The van der Waals surface area contributed by atoms with E-state index in [0.29, 0.717) is 11.6 Å². The van der Waals surface area contributed by atoms with Gasteiger partial charge in [-0.3, -0.25) is 4.57 Å². The van der Waals surface area contributed by atoms with Gasteiger partial charge in [0.15, 0.2) is 5.69 Å². The lowest BCUT2D eigenvalue weighted by atomic mass is 10.0. The van der Waals surface area contributed by atoms with Crippen LogP contribution in [-0.4, -0.2) is 18.9 Å². The maximum Gasteiger partial charge on any atom is 0.235 e. The van der Waals surface area contributed by atoms with Crippen LogP contribution in [0.5, 0.6) is 0 Å². The average molecular weight is 610 g/mol. The van der Waals surface area contributed by atoms with Crippen molar-refractivity contribution in [1.82, 2.24) is 18.9 Å². The molecule has 4 aromatic heterocycles. The molecule has 0 aliphatic rings. The van der Waals surface area contributed by atoms with Gasteiger partial charge in [0.05, 0.1) is 45.4 Å². The highest BCUT2D eigenvalue weighted by molar-refractivity contribution is 6.36. The van der Waals surface area contributed by atoms with Crippen LogP contribution in [0.15, 0.2) is 140 Å². The van der Waals surface area contributed by atoms with Crippen LogP contribution in [0.25, 0.3) is 104 Å². The van der Waals surface area contributed by atoms with Gasteiger partial charge in [0.25, 0.3) is 0 Å². The van der Waals surface area contributed by atoms with Crippen molar-refractivity contribution in [2.24, 2.45) is 0 Å². The molecule has 0 saturated heterocycles. The fourth-order valence-corrected chi connectivity index (χ4v) is 7.99. The maximum absolute atomic E-state index is 7.46. The first-order valence-corrected chi connectivity index (χ1v) is 16.0. The molecule has 5 nitrogen and oxygen atoms in total. The smallest absolute Gasteiger partial charge is 0.235 e. The lowest BCUT2D eigenvalue weighted by Gasteiger charge is -2.12. The van der Waals surface area contributed by atoms with Gasteiger partial charge in [-0.1, -0.05) is 103 Å². The third-order valence-corrected chi connectivity index (χ3v) is 10.0. The molecule has 0 saturated carbocycles. The molecule has 11 rings (SSSR count). The summed E-state index contributed by atoms with van der Waals surface area (Å²) in [7, 11) is 0. The van der Waals surface area contributed by atoms with Crippen LogP contribution >= 0.6 is 0 Å². The Balaban J connectivity index is 1.38. The monoisotopic (exact) mass is 609 g/mol. The Morgan fingerprint density at radius 2 is 1.17 bits per heavy atom. The van der Waals surface area contributed by atoms with Crippen LogP contribution in [0.3, 0.4) is 0 Å². The lowest BCUT2D eigenvalue weighted by molar-refractivity contribution is 1.01. The molecule has 0 aliphatic carbocycles. The van der Waals surface area contributed by atoms with E-state index in [4.69, 9.17) is 16.5 Å². The molecule has 0 spiro atoms. The van der Waals surface area contributed by atoms with Crippen LogP contribution in [0.2, 0.25) is 0 Å². The van der Waals surface area contributed by atoms with Gasteiger partial charge in [-0.2, -0.15) is 0 Å². The van der Waals surface area contributed by atoms with Crippen LogP contribution < -0.4 is 0 Å². The average Bonchev–Trinajstić information content (AvgIpc) is 3.77. The van der Waals surface area contributed by atoms with E-state index in [9.17, 15) is 0 Å². The van der Waals surface area contributed by atoms with Crippen molar-refractivity contribution in [2.45, 2.75) is 0 Å². The number of aromatic nitrogens is 4. The second kappa shape index (κ2) is 9.16. The van der Waals surface area contributed by atoms with E-state index in [-0.39, 0.29) is 0 Å². The number of fused-ring (bicyclic) bond motifs is 12. The Labute approximate surface area is 273 Å². The van der Waals surface area contributed by atoms with Crippen LogP contribution in [0, 0.1) is 6.57 Å². The zero-order valence-corrected chi connectivity index (χ0v) is 25.5. The Kier molecular flexibility index (Phi) is 4.85. The van der Waals surface area contributed by atoms with Gasteiger partial charge in [-0.05, 0) is 52.7 Å². The molecule has 0 aliphatic heterocycles. The summed E-state index contributed by atoms with van der Waals surface area (Å²) in [4.78, 5) is 14.2. The van der Waals surface area contributed by atoms with E-state index in [0.717, 1.165) is 33.2 Å². The molecule has 0 atom stereocenters. The normalized spacial score (nSPS) is 12.1. The van der Waals surface area contributed by atoms with Crippen LogP contribution in [0.4, 0.5) is 5.69 Å². The van der Waals surface area contributed by atoms with Gasteiger partial charge < -0.3 is 4.40 Å². The Morgan fingerprint density at radius 1 is 0.500 bits per heavy atom. The van der Waals surface area contributed by atoms with E-state index < -0.39 is 0 Å². The minimum atomic E-state index is 0.605. The number of rotatable bonds is 2. The number of benzene rings is 7. The van der Waals surface area contributed by atoms with Crippen LogP contribution in [0.1, 0.15) is 0 Å². The third kappa shape index (κ3) is 3.23. The number of hydrogen-bond donors (Lipinski definition) is 0. The van der Waals surface area contributed by atoms with Crippen molar-refractivity contribution in [3.8, 4) is 17.2 Å². The molecule has 0 fully saturated rings. The lowest BCUT2D eigenvalue weighted by Crippen LogP contribution is -2.03. The zero-order valence-electron chi connectivity index (χ0n) is 25.5. The van der Waals surface area contributed by atoms with Crippen molar-refractivity contribution in [3.63, 3.8) is 0 Å². The molecule has 48 heavy (non-hydrogen) atoms. The number of hydrogen-bond acceptors (Lipinski definition) is 2. The second-order valence-electron chi connectivity index (χ2n) is 12.5. The summed E-state index contributed by atoms with van der Waals surface area (Å²) >= 11 is 0. The van der Waals surface area contributed by atoms with Gasteiger partial charge in [-0.15, -0.1) is 0 Å². The maximum atomic E-state index is 7.46. The van der Waals surface area contributed by atoms with Crippen LogP contribution in [-0.2, 0) is 0 Å². The molecular weight excluding hydrogens is 587 g/mol. The fraction of sp³-hybridized carbons (Fsp3) is 0. The van der Waals surface area contributed by atoms with E-state index in [1.54, 1.807) is 0 Å². The molecule has 220 valence electrons. The van der Waals surface area contributed by atoms with Crippen molar-refractivity contribution in [1.29, 1.82) is 0 Å². The summed E-state index contributed by atoms with van der Waals surface area (Å²) in [5, 5.41) is 10.7.